The predicted molar refractivity (Wildman–Crippen MR) is 134 cm³/mol. The summed E-state index contributed by atoms with van der Waals surface area (Å²) in [5, 5.41) is 6.78. The molecule has 1 aromatic carbocycles. The lowest BCUT2D eigenvalue weighted by atomic mass is 10.1. The van der Waals surface area contributed by atoms with Crippen LogP contribution in [0.25, 0.3) is 0 Å². The summed E-state index contributed by atoms with van der Waals surface area (Å²) in [5.74, 6) is 0.839. The van der Waals surface area contributed by atoms with E-state index in [2.05, 4.69) is 48.2 Å². The molecule has 1 atom stereocenters. The van der Waals surface area contributed by atoms with Crippen LogP contribution in [0.3, 0.4) is 0 Å². The Morgan fingerprint density at radius 2 is 1.76 bits per heavy atom. The van der Waals surface area contributed by atoms with Crippen molar-refractivity contribution in [2.24, 2.45) is 4.99 Å². The molecule has 0 saturated carbocycles. The number of guanidine groups is 1. The molecule has 1 unspecified atom stereocenters. The second-order valence-electron chi connectivity index (χ2n) is 7.14. The van der Waals surface area contributed by atoms with Gasteiger partial charge in [0.15, 0.2) is 15.8 Å². The molecule has 0 amide bonds. The van der Waals surface area contributed by atoms with Gasteiger partial charge in [0.05, 0.1) is 4.90 Å². The minimum absolute atomic E-state index is 0. The zero-order chi connectivity index (χ0) is 21.0. The molecular weight excluding hydrogens is 499 g/mol. The molecule has 0 heterocycles. The van der Waals surface area contributed by atoms with E-state index in [4.69, 9.17) is 0 Å². The van der Waals surface area contributed by atoms with Crippen molar-refractivity contribution in [2.75, 3.05) is 39.0 Å². The highest BCUT2D eigenvalue weighted by atomic mass is 127. The fourth-order valence-corrected chi connectivity index (χ4v) is 3.62. The topological polar surface area (TPSA) is 73.8 Å². The summed E-state index contributed by atoms with van der Waals surface area (Å²) < 4.78 is 23.1. The first-order chi connectivity index (χ1) is 13.3. The molecule has 0 aliphatic carbocycles. The molecule has 0 radical (unpaired) electrons. The van der Waals surface area contributed by atoms with Gasteiger partial charge in [-0.15, -0.1) is 24.0 Å². The molecule has 168 valence electrons. The van der Waals surface area contributed by atoms with Gasteiger partial charge in [-0.3, -0.25) is 4.99 Å². The van der Waals surface area contributed by atoms with Crippen molar-refractivity contribution in [3.05, 3.63) is 29.8 Å². The van der Waals surface area contributed by atoms with Crippen LogP contribution in [0.4, 0.5) is 0 Å². The highest BCUT2D eigenvalue weighted by molar-refractivity contribution is 14.0. The Morgan fingerprint density at radius 1 is 1.14 bits per heavy atom. The van der Waals surface area contributed by atoms with Crippen LogP contribution in [0.2, 0.25) is 0 Å². The Labute approximate surface area is 194 Å². The summed E-state index contributed by atoms with van der Waals surface area (Å²) in [6, 6.07) is 7.41. The SMILES string of the molecule is CCNC(=NCCc1ccc(S(C)(=O)=O)cc1)NC(C)CCCN(CC)CC.I. The van der Waals surface area contributed by atoms with Gasteiger partial charge >= 0.3 is 0 Å². The number of nitrogens with one attached hydrogen (secondary N) is 2. The molecule has 1 rings (SSSR count). The minimum Gasteiger partial charge on any atom is -0.357 e. The number of halogens is 1. The van der Waals surface area contributed by atoms with E-state index in [9.17, 15) is 8.42 Å². The maximum atomic E-state index is 11.5. The summed E-state index contributed by atoms with van der Waals surface area (Å²) in [7, 11) is -3.14. The van der Waals surface area contributed by atoms with Gasteiger partial charge in [0.25, 0.3) is 0 Å². The molecule has 29 heavy (non-hydrogen) atoms. The molecule has 0 saturated heterocycles. The number of hydrogen-bond acceptors (Lipinski definition) is 4. The summed E-state index contributed by atoms with van der Waals surface area (Å²) >= 11 is 0. The third-order valence-corrected chi connectivity index (χ3v) is 5.88. The van der Waals surface area contributed by atoms with E-state index in [0.717, 1.165) is 50.5 Å². The van der Waals surface area contributed by atoms with Crippen LogP contribution < -0.4 is 10.6 Å². The Balaban J connectivity index is 0.00000784. The van der Waals surface area contributed by atoms with Crippen molar-refractivity contribution in [3.63, 3.8) is 0 Å². The monoisotopic (exact) mass is 538 g/mol. The molecule has 8 heteroatoms. The van der Waals surface area contributed by atoms with Gasteiger partial charge < -0.3 is 15.5 Å². The average molecular weight is 539 g/mol. The average Bonchev–Trinajstić information content (AvgIpc) is 2.65. The Kier molecular flexibility index (Phi) is 14.6. The number of aliphatic imine (C=N–C) groups is 1. The van der Waals surface area contributed by atoms with Crippen molar-refractivity contribution < 1.29 is 8.42 Å². The normalized spacial score (nSPS) is 13.1. The summed E-state index contributed by atoms with van der Waals surface area (Å²) in [4.78, 5) is 7.46. The predicted octanol–water partition coefficient (Wildman–Crippen LogP) is 3.32. The molecule has 0 aliphatic heterocycles. The van der Waals surface area contributed by atoms with Gasteiger partial charge in [-0.2, -0.15) is 0 Å². The Morgan fingerprint density at radius 3 is 2.28 bits per heavy atom. The lowest BCUT2D eigenvalue weighted by Crippen LogP contribution is -2.42. The third-order valence-electron chi connectivity index (χ3n) is 4.76. The van der Waals surface area contributed by atoms with Crippen LogP contribution >= 0.6 is 24.0 Å². The fraction of sp³-hybridized carbons (Fsp3) is 0.667. The van der Waals surface area contributed by atoms with Gasteiger partial charge in [0.2, 0.25) is 0 Å². The second-order valence-corrected chi connectivity index (χ2v) is 9.16. The summed E-state index contributed by atoms with van der Waals surface area (Å²) in [6.07, 6.45) is 4.27. The van der Waals surface area contributed by atoms with Crippen molar-refractivity contribution in [1.29, 1.82) is 0 Å². The van der Waals surface area contributed by atoms with E-state index in [0.29, 0.717) is 17.5 Å². The number of nitrogens with zero attached hydrogens (tertiary/aromatic N) is 2. The van der Waals surface area contributed by atoms with Crippen LogP contribution in [0.1, 0.15) is 46.1 Å². The van der Waals surface area contributed by atoms with E-state index in [1.165, 1.54) is 12.7 Å². The van der Waals surface area contributed by atoms with Crippen molar-refractivity contribution in [2.45, 2.75) is 57.9 Å². The lowest BCUT2D eigenvalue weighted by molar-refractivity contribution is 0.292. The van der Waals surface area contributed by atoms with E-state index in [1.54, 1.807) is 12.1 Å². The quantitative estimate of drug-likeness (QED) is 0.243. The molecule has 0 aromatic heterocycles. The molecule has 0 bridgehead atoms. The summed E-state index contributed by atoms with van der Waals surface area (Å²) in [5.41, 5.74) is 1.08. The zero-order valence-electron chi connectivity index (χ0n) is 18.6. The Bertz CT molecular complexity index is 689. The van der Waals surface area contributed by atoms with Crippen LogP contribution in [-0.4, -0.2) is 64.3 Å². The van der Waals surface area contributed by atoms with Crippen molar-refractivity contribution >= 4 is 39.8 Å². The third kappa shape index (κ3) is 11.8. The molecule has 2 N–H and O–H groups in total. The minimum atomic E-state index is -3.14. The lowest BCUT2D eigenvalue weighted by Gasteiger charge is -2.21. The van der Waals surface area contributed by atoms with Gasteiger partial charge in [-0.25, -0.2) is 8.42 Å². The van der Waals surface area contributed by atoms with Gasteiger partial charge in [-0.1, -0.05) is 26.0 Å². The fourth-order valence-electron chi connectivity index (χ4n) is 2.99. The van der Waals surface area contributed by atoms with Crippen LogP contribution in [0, 0.1) is 0 Å². The van der Waals surface area contributed by atoms with Crippen molar-refractivity contribution in [1.82, 2.24) is 15.5 Å². The number of sulfone groups is 1. The largest absolute Gasteiger partial charge is 0.357 e. The van der Waals surface area contributed by atoms with E-state index >= 15 is 0 Å². The maximum Gasteiger partial charge on any atom is 0.191 e. The zero-order valence-corrected chi connectivity index (χ0v) is 21.7. The molecule has 0 spiro atoms. The standard InChI is InChI=1S/C21H38N4O2S.HI/c1-6-22-21(24-18(4)10-9-17-25(7-2)8-3)23-16-15-19-11-13-20(14-12-19)28(5,26)27;/h11-14,18H,6-10,15-17H2,1-5H3,(H2,22,23,24);1H. The van der Waals surface area contributed by atoms with Gasteiger partial charge in [-0.05, 0) is 70.4 Å². The van der Waals surface area contributed by atoms with Crippen LogP contribution in [0.15, 0.2) is 34.2 Å². The molecule has 1 aromatic rings. The maximum absolute atomic E-state index is 11.5. The first kappa shape index (κ1) is 28.1. The smallest absolute Gasteiger partial charge is 0.191 e. The van der Waals surface area contributed by atoms with Gasteiger partial charge in [0.1, 0.15) is 0 Å². The first-order valence-corrected chi connectivity index (χ1v) is 12.2. The highest BCUT2D eigenvalue weighted by Gasteiger charge is 2.08. The summed E-state index contributed by atoms with van der Waals surface area (Å²) in [6.45, 7) is 13.5. The molecule has 6 nitrogen and oxygen atoms in total. The van der Waals surface area contributed by atoms with Crippen LogP contribution in [0.5, 0.6) is 0 Å². The molecule has 0 fully saturated rings. The van der Waals surface area contributed by atoms with E-state index in [1.807, 2.05) is 12.1 Å². The number of benzene rings is 1. The molecule has 0 aliphatic rings. The van der Waals surface area contributed by atoms with Crippen LogP contribution in [-0.2, 0) is 16.3 Å². The number of rotatable bonds is 12. The van der Waals surface area contributed by atoms with Gasteiger partial charge in [0, 0.05) is 25.4 Å². The van der Waals surface area contributed by atoms with Crippen molar-refractivity contribution in [3.8, 4) is 0 Å². The number of hydrogen-bond donors (Lipinski definition) is 2. The second kappa shape index (κ2) is 15.0. The first-order valence-electron chi connectivity index (χ1n) is 10.4. The Hall–Kier alpha value is -0.870. The highest BCUT2D eigenvalue weighted by Crippen LogP contribution is 2.10. The van der Waals surface area contributed by atoms with E-state index < -0.39 is 9.84 Å². The van der Waals surface area contributed by atoms with E-state index in [-0.39, 0.29) is 24.0 Å². The molecular formula is C21H39IN4O2S.